The summed E-state index contributed by atoms with van der Waals surface area (Å²) in [5.74, 6) is 0.406. The highest BCUT2D eigenvalue weighted by Gasteiger charge is 2.32. The third kappa shape index (κ3) is 6.49. The van der Waals surface area contributed by atoms with Crippen molar-refractivity contribution in [2.45, 2.75) is 38.5 Å². The summed E-state index contributed by atoms with van der Waals surface area (Å²) in [5, 5.41) is 10.0. The number of benzene rings is 4. The maximum atomic E-state index is 13.6. The Morgan fingerprint density at radius 3 is 2.23 bits per heavy atom. The van der Waals surface area contributed by atoms with Crippen LogP contribution in [0, 0.1) is 11.3 Å². The van der Waals surface area contributed by atoms with Crippen molar-refractivity contribution in [3.8, 4) is 29.1 Å². The maximum absolute atomic E-state index is 13.6. The molecule has 4 aromatic rings. The van der Waals surface area contributed by atoms with Crippen molar-refractivity contribution >= 4 is 5.97 Å². The van der Waals surface area contributed by atoms with Gasteiger partial charge in [-0.3, -0.25) is 4.79 Å². The Hall–Kier alpha value is -5.22. The molecular weight excluding hydrogens is 540 g/mol. The van der Waals surface area contributed by atoms with Gasteiger partial charge in [-0.2, -0.15) is 5.26 Å². The molecule has 0 saturated carbocycles. The third-order valence-electron chi connectivity index (χ3n) is 7.27. The smallest absolute Gasteiger partial charge is 0.323 e. The number of esters is 1. The van der Waals surface area contributed by atoms with Crippen LogP contribution in [0.2, 0.25) is 0 Å². The first kappa shape index (κ1) is 29.3. The average molecular weight is 575 g/mol. The predicted octanol–water partition coefficient (Wildman–Crippen LogP) is 7.22. The van der Waals surface area contributed by atoms with Gasteiger partial charge in [0.25, 0.3) is 0 Å². The van der Waals surface area contributed by atoms with E-state index in [1.54, 1.807) is 18.2 Å². The number of allylic oxidation sites excluding steroid dienone is 1. The second kappa shape index (κ2) is 13.6. The Kier molecular flexibility index (Phi) is 9.28. The van der Waals surface area contributed by atoms with Crippen LogP contribution in [0.5, 0.6) is 23.0 Å². The van der Waals surface area contributed by atoms with Gasteiger partial charge < -0.3 is 24.7 Å². The number of ether oxygens (including phenoxy) is 4. The Labute approximate surface area is 252 Å². The number of hydrogen-bond acceptors (Lipinski definition) is 7. The van der Waals surface area contributed by atoms with Crippen molar-refractivity contribution in [2.75, 3.05) is 13.2 Å². The summed E-state index contributed by atoms with van der Waals surface area (Å²) in [4.78, 5) is 13.6. The van der Waals surface area contributed by atoms with E-state index in [4.69, 9.17) is 24.7 Å². The fourth-order valence-electron chi connectivity index (χ4n) is 5.19. The number of fused-ring (bicyclic) bond motifs is 1. The molecule has 1 atom stereocenters. The van der Waals surface area contributed by atoms with Gasteiger partial charge in [0.1, 0.15) is 29.1 Å². The molecule has 4 aromatic carbocycles. The van der Waals surface area contributed by atoms with Gasteiger partial charge in [-0.25, -0.2) is 0 Å². The quantitative estimate of drug-likeness (QED) is 0.115. The highest BCUT2D eigenvalue weighted by molar-refractivity contribution is 5.84. The van der Waals surface area contributed by atoms with Gasteiger partial charge in [0.05, 0.1) is 19.1 Å². The molecule has 1 heterocycles. The lowest BCUT2D eigenvalue weighted by Crippen LogP contribution is -2.22. The van der Waals surface area contributed by atoms with Gasteiger partial charge in [0.2, 0.25) is 5.88 Å². The molecular formula is C36H34N2O5. The highest BCUT2D eigenvalue weighted by Crippen LogP contribution is 2.45. The summed E-state index contributed by atoms with van der Waals surface area (Å²) in [6, 6.07) is 32.1. The van der Waals surface area contributed by atoms with E-state index in [9.17, 15) is 10.1 Å². The summed E-state index contributed by atoms with van der Waals surface area (Å²) in [5.41, 5.74) is 9.71. The Bertz CT molecular complexity index is 1600. The second-order valence-electron chi connectivity index (χ2n) is 10.1. The number of carbonyl (C=O) groups excluding carboxylic acids is 1. The van der Waals surface area contributed by atoms with Crippen molar-refractivity contribution in [2.24, 2.45) is 5.73 Å². The van der Waals surface area contributed by atoms with Crippen LogP contribution in [0.25, 0.3) is 0 Å². The van der Waals surface area contributed by atoms with Gasteiger partial charge >= 0.3 is 5.97 Å². The summed E-state index contributed by atoms with van der Waals surface area (Å²) in [6.07, 6.45) is 1.95. The molecule has 7 nitrogen and oxygen atoms in total. The van der Waals surface area contributed by atoms with Crippen LogP contribution < -0.4 is 24.7 Å². The highest BCUT2D eigenvalue weighted by atomic mass is 16.5. The number of nitriles is 1. The molecule has 0 aliphatic carbocycles. The zero-order chi connectivity index (χ0) is 30.2. The van der Waals surface area contributed by atoms with Crippen molar-refractivity contribution in [3.05, 3.63) is 131 Å². The second-order valence-corrected chi connectivity index (χ2v) is 10.1. The standard InChI is InChI=1S/C36H34N2O5/c1-3-5-20-41-30-19-16-26(21-32(30)40-4-2)34-28-18-17-27(22-31(28)43-35(38)29(34)23-37)42-36(39)33(24-12-8-6-9-13-24)25-14-10-7-11-15-25/h6-19,21-22,33-34H,3-5,20,38H2,1-2H3. The van der Waals surface area contributed by atoms with Gasteiger partial charge in [0.15, 0.2) is 11.5 Å². The first-order valence-corrected chi connectivity index (χ1v) is 14.5. The molecule has 0 fully saturated rings. The topological polar surface area (TPSA) is 104 Å². The summed E-state index contributed by atoms with van der Waals surface area (Å²) in [7, 11) is 0. The largest absolute Gasteiger partial charge is 0.490 e. The van der Waals surface area contributed by atoms with E-state index in [2.05, 4.69) is 13.0 Å². The Morgan fingerprint density at radius 2 is 1.60 bits per heavy atom. The molecule has 0 bridgehead atoms. The van der Waals surface area contributed by atoms with Crippen LogP contribution in [0.1, 0.15) is 60.8 Å². The van der Waals surface area contributed by atoms with Gasteiger partial charge in [0, 0.05) is 11.6 Å². The zero-order valence-corrected chi connectivity index (χ0v) is 24.3. The molecule has 0 aromatic heterocycles. The fourth-order valence-corrected chi connectivity index (χ4v) is 5.19. The average Bonchev–Trinajstić information content (AvgIpc) is 3.02. The van der Waals surface area contributed by atoms with Crippen LogP contribution in [-0.2, 0) is 4.79 Å². The first-order valence-electron chi connectivity index (χ1n) is 14.5. The third-order valence-corrected chi connectivity index (χ3v) is 7.27. The van der Waals surface area contributed by atoms with Crippen molar-refractivity contribution in [1.82, 2.24) is 0 Å². The van der Waals surface area contributed by atoms with Crippen LogP contribution in [0.4, 0.5) is 0 Å². The van der Waals surface area contributed by atoms with E-state index >= 15 is 0 Å². The van der Waals surface area contributed by atoms with Gasteiger partial charge in [-0.05, 0) is 48.2 Å². The van der Waals surface area contributed by atoms with Crippen molar-refractivity contribution in [3.63, 3.8) is 0 Å². The van der Waals surface area contributed by atoms with E-state index < -0.39 is 17.8 Å². The summed E-state index contributed by atoms with van der Waals surface area (Å²) in [6.45, 7) is 5.07. The fraction of sp³-hybridized carbons (Fsp3) is 0.222. The molecule has 218 valence electrons. The number of nitrogens with two attached hydrogens (primary N) is 1. The number of hydrogen-bond donors (Lipinski definition) is 1. The van der Waals surface area contributed by atoms with E-state index in [1.807, 2.05) is 85.8 Å². The van der Waals surface area contributed by atoms with Crippen molar-refractivity contribution < 1.29 is 23.7 Å². The molecule has 2 N–H and O–H groups in total. The van der Waals surface area contributed by atoms with Gasteiger partial charge in [-0.15, -0.1) is 0 Å². The lowest BCUT2D eigenvalue weighted by Gasteiger charge is -2.27. The van der Waals surface area contributed by atoms with Crippen molar-refractivity contribution in [1.29, 1.82) is 5.26 Å². The van der Waals surface area contributed by atoms with E-state index in [1.165, 1.54) is 0 Å². The molecule has 1 aliphatic heterocycles. The monoisotopic (exact) mass is 574 g/mol. The minimum atomic E-state index is -0.614. The first-order chi connectivity index (χ1) is 21.0. The van der Waals surface area contributed by atoms with E-state index in [-0.39, 0.29) is 11.5 Å². The number of unbranched alkanes of at least 4 members (excludes halogenated alkanes) is 1. The van der Waals surface area contributed by atoms with Crippen LogP contribution >= 0.6 is 0 Å². The lowest BCUT2D eigenvalue weighted by molar-refractivity contribution is -0.135. The number of nitrogens with zero attached hydrogens (tertiary/aromatic N) is 1. The van der Waals surface area contributed by atoms with E-state index in [0.29, 0.717) is 36.2 Å². The molecule has 1 aliphatic rings. The predicted molar refractivity (Wildman–Crippen MR) is 164 cm³/mol. The van der Waals surface area contributed by atoms with Crippen LogP contribution in [-0.4, -0.2) is 19.2 Å². The molecule has 0 spiro atoms. The molecule has 5 rings (SSSR count). The van der Waals surface area contributed by atoms with Crippen LogP contribution in [0.3, 0.4) is 0 Å². The Morgan fingerprint density at radius 1 is 0.907 bits per heavy atom. The number of rotatable bonds is 11. The molecule has 0 saturated heterocycles. The summed E-state index contributed by atoms with van der Waals surface area (Å²) < 4.78 is 23.7. The molecule has 0 amide bonds. The zero-order valence-electron chi connectivity index (χ0n) is 24.3. The maximum Gasteiger partial charge on any atom is 0.323 e. The minimum absolute atomic E-state index is 0.00356. The van der Waals surface area contributed by atoms with E-state index in [0.717, 1.165) is 35.1 Å². The minimum Gasteiger partial charge on any atom is -0.490 e. The molecule has 43 heavy (non-hydrogen) atoms. The molecule has 7 heteroatoms. The SMILES string of the molecule is CCCCOc1ccc(C2C(C#N)=C(N)Oc3cc(OC(=O)C(c4ccccc4)c4ccccc4)ccc32)cc1OCC. The molecule has 1 unspecified atom stereocenters. The Balaban J connectivity index is 1.47. The van der Waals surface area contributed by atoms with Gasteiger partial charge in [-0.1, -0.05) is 86.1 Å². The lowest BCUT2D eigenvalue weighted by atomic mass is 9.83. The van der Waals surface area contributed by atoms with Crippen LogP contribution in [0.15, 0.2) is 109 Å². The normalized spacial score (nSPS) is 14.0. The number of carbonyl (C=O) groups is 1. The summed E-state index contributed by atoms with van der Waals surface area (Å²) >= 11 is 0. The molecule has 0 radical (unpaired) electrons.